The molecule has 13 heavy (non-hydrogen) atoms. The van der Waals surface area contributed by atoms with Gasteiger partial charge in [0.2, 0.25) is 5.95 Å². The molecule has 0 aliphatic carbocycles. The molecule has 1 aromatic heterocycles. The van der Waals surface area contributed by atoms with Crippen molar-refractivity contribution in [3.8, 4) is 0 Å². The molecule has 0 bridgehead atoms. The third kappa shape index (κ3) is 2.15. The van der Waals surface area contributed by atoms with Gasteiger partial charge in [0.25, 0.3) is 0 Å². The number of carboxylic acid groups (broad SMARTS) is 1. The first-order valence-corrected chi connectivity index (χ1v) is 4.25. The molecule has 6 heteroatoms. The fraction of sp³-hybridized carbons (Fsp3) is 0.286. The highest BCUT2D eigenvalue weighted by Crippen LogP contribution is 2.15. The van der Waals surface area contributed by atoms with E-state index in [1.165, 1.54) is 6.20 Å². The van der Waals surface area contributed by atoms with Crippen LogP contribution >= 0.6 is 15.9 Å². The highest BCUT2D eigenvalue weighted by atomic mass is 79.9. The molecular weight excluding hydrogens is 238 g/mol. The largest absolute Gasteiger partial charge is 0.478 e. The van der Waals surface area contributed by atoms with Crippen molar-refractivity contribution in [1.29, 1.82) is 0 Å². The summed E-state index contributed by atoms with van der Waals surface area (Å²) in [6.07, 6.45) is 1.27. The summed E-state index contributed by atoms with van der Waals surface area (Å²) in [5.74, 6) is -0.575. The van der Waals surface area contributed by atoms with Crippen molar-refractivity contribution in [2.45, 2.75) is 0 Å². The molecule has 1 heterocycles. The van der Waals surface area contributed by atoms with Gasteiger partial charge in [0.15, 0.2) is 0 Å². The van der Waals surface area contributed by atoms with Crippen LogP contribution in [0.4, 0.5) is 5.95 Å². The van der Waals surface area contributed by atoms with Gasteiger partial charge in [0.05, 0.1) is 0 Å². The normalized spacial score (nSPS) is 9.77. The zero-order valence-electron chi connectivity index (χ0n) is 7.15. The van der Waals surface area contributed by atoms with Gasteiger partial charge < -0.3 is 10.0 Å². The van der Waals surface area contributed by atoms with Gasteiger partial charge in [-0.2, -0.15) is 0 Å². The number of halogens is 1. The number of aromatic nitrogens is 2. The van der Waals surface area contributed by atoms with Crippen LogP contribution in [-0.4, -0.2) is 35.1 Å². The van der Waals surface area contributed by atoms with Crippen LogP contribution in [-0.2, 0) is 0 Å². The summed E-state index contributed by atoms with van der Waals surface area (Å²) < 4.78 is 0.290. The molecule has 1 aromatic rings. The van der Waals surface area contributed by atoms with Crippen molar-refractivity contribution in [1.82, 2.24) is 9.97 Å². The summed E-state index contributed by atoms with van der Waals surface area (Å²) in [6.45, 7) is 0. The van der Waals surface area contributed by atoms with Gasteiger partial charge in [-0.25, -0.2) is 14.8 Å². The van der Waals surface area contributed by atoms with Gasteiger partial charge in [-0.15, -0.1) is 0 Å². The molecule has 0 unspecified atom stereocenters. The minimum atomic E-state index is -1.04. The first-order chi connectivity index (χ1) is 6.02. The molecule has 70 valence electrons. The lowest BCUT2D eigenvalue weighted by Gasteiger charge is -2.09. The van der Waals surface area contributed by atoms with Gasteiger partial charge >= 0.3 is 5.97 Å². The predicted octanol–water partition coefficient (Wildman–Crippen LogP) is 1.00. The Hall–Kier alpha value is -1.17. The average Bonchev–Trinajstić information content (AvgIpc) is 2.03. The van der Waals surface area contributed by atoms with E-state index in [0.717, 1.165) is 0 Å². The van der Waals surface area contributed by atoms with E-state index in [-0.39, 0.29) is 5.56 Å². The number of aromatic carboxylic acids is 1. The molecule has 0 saturated heterocycles. The molecule has 0 spiro atoms. The molecule has 0 aliphatic rings. The van der Waals surface area contributed by atoms with Gasteiger partial charge in [0, 0.05) is 20.3 Å². The zero-order chi connectivity index (χ0) is 10.0. The molecule has 0 amide bonds. The first kappa shape index (κ1) is 9.91. The highest BCUT2D eigenvalue weighted by molar-refractivity contribution is 9.10. The van der Waals surface area contributed by atoms with Crippen LogP contribution in [0.2, 0.25) is 0 Å². The number of carbonyl (C=O) groups is 1. The van der Waals surface area contributed by atoms with Crippen molar-refractivity contribution in [3.63, 3.8) is 0 Å². The molecule has 0 saturated carbocycles. The van der Waals surface area contributed by atoms with Crippen LogP contribution in [0.5, 0.6) is 0 Å². The van der Waals surface area contributed by atoms with Gasteiger partial charge in [0.1, 0.15) is 10.2 Å². The quantitative estimate of drug-likeness (QED) is 0.788. The van der Waals surface area contributed by atoms with Gasteiger partial charge in [-0.05, 0) is 15.9 Å². The van der Waals surface area contributed by atoms with E-state index < -0.39 is 5.97 Å². The van der Waals surface area contributed by atoms with Crippen molar-refractivity contribution >= 4 is 27.8 Å². The van der Waals surface area contributed by atoms with E-state index in [9.17, 15) is 4.79 Å². The number of hydrogen-bond acceptors (Lipinski definition) is 4. The molecule has 0 atom stereocenters. The van der Waals surface area contributed by atoms with E-state index in [1.54, 1.807) is 19.0 Å². The Morgan fingerprint density at radius 2 is 2.23 bits per heavy atom. The Balaban J connectivity index is 3.13. The smallest absolute Gasteiger partial charge is 0.340 e. The van der Waals surface area contributed by atoms with Crippen LogP contribution < -0.4 is 4.90 Å². The topological polar surface area (TPSA) is 66.3 Å². The van der Waals surface area contributed by atoms with E-state index in [4.69, 9.17) is 5.11 Å². The lowest BCUT2D eigenvalue weighted by Crippen LogP contribution is -2.14. The fourth-order valence-electron chi connectivity index (χ4n) is 0.711. The van der Waals surface area contributed by atoms with E-state index in [2.05, 4.69) is 25.9 Å². The van der Waals surface area contributed by atoms with Crippen LogP contribution in [0.1, 0.15) is 10.4 Å². The lowest BCUT2D eigenvalue weighted by atomic mass is 10.3. The zero-order valence-corrected chi connectivity index (χ0v) is 8.74. The lowest BCUT2D eigenvalue weighted by molar-refractivity contribution is 0.0695. The Morgan fingerprint density at radius 1 is 1.62 bits per heavy atom. The molecule has 1 N–H and O–H groups in total. The monoisotopic (exact) mass is 245 g/mol. The Bertz CT molecular complexity index is 341. The van der Waals surface area contributed by atoms with Crippen LogP contribution in [0.3, 0.4) is 0 Å². The van der Waals surface area contributed by atoms with E-state index in [0.29, 0.717) is 10.6 Å². The van der Waals surface area contributed by atoms with Crippen molar-refractivity contribution < 1.29 is 9.90 Å². The second-order valence-corrected chi connectivity index (χ2v) is 3.33. The minimum absolute atomic E-state index is 0.0607. The number of carboxylic acids is 1. The predicted molar refractivity (Wildman–Crippen MR) is 51.0 cm³/mol. The second-order valence-electron chi connectivity index (χ2n) is 2.57. The van der Waals surface area contributed by atoms with Crippen LogP contribution in [0.15, 0.2) is 10.8 Å². The summed E-state index contributed by atoms with van der Waals surface area (Å²) in [7, 11) is 3.56. The third-order valence-corrected chi connectivity index (χ3v) is 1.96. The highest BCUT2D eigenvalue weighted by Gasteiger charge is 2.11. The second kappa shape index (κ2) is 3.69. The Labute approximate surface area is 83.5 Å². The maximum Gasteiger partial charge on any atom is 0.340 e. The average molecular weight is 246 g/mol. The Morgan fingerprint density at radius 3 is 2.62 bits per heavy atom. The maximum absolute atomic E-state index is 10.6. The molecule has 0 fully saturated rings. The number of anilines is 1. The van der Waals surface area contributed by atoms with Gasteiger partial charge in [-0.3, -0.25) is 0 Å². The first-order valence-electron chi connectivity index (χ1n) is 3.45. The molecule has 0 aromatic carbocycles. The third-order valence-electron chi connectivity index (χ3n) is 1.36. The molecule has 0 radical (unpaired) electrons. The number of rotatable bonds is 2. The summed E-state index contributed by atoms with van der Waals surface area (Å²) in [4.78, 5) is 20.1. The SMILES string of the molecule is CN(C)c1ncc(C(=O)O)c(Br)n1. The number of hydrogen-bond donors (Lipinski definition) is 1. The minimum Gasteiger partial charge on any atom is -0.478 e. The molecular formula is C7H8BrN3O2. The van der Waals surface area contributed by atoms with Gasteiger partial charge in [-0.1, -0.05) is 0 Å². The maximum atomic E-state index is 10.6. The van der Waals surface area contributed by atoms with Crippen LogP contribution in [0, 0.1) is 0 Å². The van der Waals surface area contributed by atoms with Crippen molar-refractivity contribution in [3.05, 3.63) is 16.4 Å². The molecule has 1 rings (SSSR count). The summed E-state index contributed by atoms with van der Waals surface area (Å²) in [5, 5.41) is 8.67. The fourth-order valence-corrected chi connectivity index (χ4v) is 1.14. The molecule has 5 nitrogen and oxygen atoms in total. The standard InChI is InChI=1S/C7H8BrN3O2/c1-11(2)7-9-3-4(6(12)13)5(8)10-7/h3H,1-2H3,(H,12,13). The molecule has 0 aliphatic heterocycles. The van der Waals surface area contributed by atoms with Crippen molar-refractivity contribution in [2.24, 2.45) is 0 Å². The van der Waals surface area contributed by atoms with E-state index in [1.807, 2.05) is 0 Å². The summed E-state index contributed by atoms with van der Waals surface area (Å²) >= 11 is 3.06. The summed E-state index contributed by atoms with van der Waals surface area (Å²) in [6, 6.07) is 0. The Kier molecular flexibility index (Phi) is 2.82. The van der Waals surface area contributed by atoms with E-state index >= 15 is 0 Å². The van der Waals surface area contributed by atoms with Crippen molar-refractivity contribution in [2.75, 3.05) is 19.0 Å². The number of nitrogens with zero attached hydrogens (tertiary/aromatic N) is 3. The summed E-state index contributed by atoms with van der Waals surface area (Å²) in [5.41, 5.74) is 0.0607. The van der Waals surface area contributed by atoms with Crippen LogP contribution in [0.25, 0.3) is 0 Å².